The van der Waals surface area contributed by atoms with Gasteiger partial charge in [-0.1, -0.05) is 0 Å². The van der Waals surface area contributed by atoms with E-state index in [0.717, 1.165) is 17.1 Å². The molecule has 0 aliphatic rings. The van der Waals surface area contributed by atoms with Crippen molar-refractivity contribution in [2.24, 2.45) is 0 Å². The number of hydrogen-bond acceptors (Lipinski definition) is 4. The molecule has 1 aromatic rings. The highest BCUT2D eigenvalue weighted by atomic mass is 16.7. The summed E-state index contributed by atoms with van der Waals surface area (Å²) in [6.07, 6.45) is 2.14. The van der Waals surface area contributed by atoms with Gasteiger partial charge < -0.3 is 9.47 Å². The first-order chi connectivity index (χ1) is 6.67. The van der Waals surface area contributed by atoms with Gasteiger partial charge >= 0.3 is 0 Å². The Morgan fingerprint density at radius 2 is 1.93 bits per heavy atom. The van der Waals surface area contributed by atoms with Crippen molar-refractivity contribution in [1.29, 1.82) is 0 Å². The predicted octanol–water partition coefficient (Wildman–Crippen LogP) is 1.25. The van der Waals surface area contributed by atoms with E-state index in [0.29, 0.717) is 6.42 Å². The summed E-state index contributed by atoms with van der Waals surface area (Å²) in [7, 11) is 3.24. The fourth-order valence-electron chi connectivity index (χ4n) is 1.20. The first kappa shape index (κ1) is 11.1. The Morgan fingerprint density at radius 3 is 2.50 bits per heavy atom. The van der Waals surface area contributed by atoms with Crippen LogP contribution in [0.2, 0.25) is 0 Å². The Bertz CT molecular complexity index is 298. The molecule has 0 spiro atoms. The average Bonchev–Trinajstić information content (AvgIpc) is 2.19. The minimum Gasteiger partial charge on any atom is -0.356 e. The van der Waals surface area contributed by atoms with Crippen molar-refractivity contribution < 1.29 is 9.47 Å². The summed E-state index contributed by atoms with van der Waals surface area (Å²) in [6.45, 7) is 3.86. The number of aromatic nitrogens is 2. The Hall–Kier alpha value is -1.00. The number of rotatable bonds is 4. The highest BCUT2D eigenvalue weighted by molar-refractivity contribution is 5.12. The van der Waals surface area contributed by atoms with Crippen LogP contribution in [-0.4, -0.2) is 30.5 Å². The molecule has 0 saturated heterocycles. The molecule has 4 nitrogen and oxygen atoms in total. The molecule has 0 radical (unpaired) electrons. The number of methoxy groups -OCH3 is 2. The number of aryl methyl sites for hydroxylation is 2. The smallest absolute Gasteiger partial charge is 0.162 e. The molecule has 0 fully saturated rings. The van der Waals surface area contributed by atoms with Crippen molar-refractivity contribution in [3.8, 4) is 0 Å². The third-order valence-electron chi connectivity index (χ3n) is 2.06. The zero-order valence-corrected chi connectivity index (χ0v) is 9.07. The lowest BCUT2D eigenvalue weighted by Gasteiger charge is -2.13. The van der Waals surface area contributed by atoms with E-state index in [1.807, 2.05) is 13.8 Å². The molecule has 1 aromatic heterocycles. The van der Waals surface area contributed by atoms with Crippen molar-refractivity contribution in [3.05, 3.63) is 23.3 Å². The average molecular weight is 196 g/mol. The highest BCUT2D eigenvalue weighted by Gasteiger charge is 2.10. The molecule has 0 N–H and O–H groups in total. The Morgan fingerprint density at radius 1 is 1.29 bits per heavy atom. The normalized spacial score (nSPS) is 10.9. The van der Waals surface area contributed by atoms with Crippen LogP contribution in [0.5, 0.6) is 0 Å². The summed E-state index contributed by atoms with van der Waals surface area (Å²) in [6, 6.07) is 0. The molecule has 0 aliphatic heterocycles. The molecule has 1 heterocycles. The van der Waals surface area contributed by atoms with Gasteiger partial charge in [-0.25, -0.2) is 0 Å². The largest absolute Gasteiger partial charge is 0.356 e. The monoisotopic (exact) mass is 196 g/mol. The molecule has 14 heavy (non-hydrogen) atoms. The van der Waals surface area contributed by atoms with Gasteiger partial charge in [0.25, 0.3) is 0 Å². The number of hydrogen-bond donors (Lipinski definition) is 0. The number of ether oxygens (including phenoxy) is 2. The first-order valence-electron chi connectivity index (χ1n) is 4.52. The summed E-state index contributed by atoms with van der Waals surface area (Å²) in [5.41, 5.74) is 2.77. The molecule has 0 unspecified atom stereocenters. The Labute approximate surface area is 84.3 Å². The van der Waals surface area contributed by atoms with Crippen LogP contribution in [0.25, 0.3) is 0 Å². The van der Waals surface area contributed by atoms with Gasteiger partial charge in [0.1, 0.15) is 0 Å². The molecule has 0 atom stereocenters. The quantitative estimate of drug-likeness (QED) is 0.680. The number of nitrogens with zero attached hydrogens (tertiary/aromatic N) is 2. The molecule has 0 aromatic carbocycles. The van der Waals surface area contributed by atoms with Crippen LogP contribution in [-0.2, 0) is 15.9 Å². The lowest BCUT2D eigenvalue weighted by atomic mass is 10.2. The van der Waals surface area contributed by atoms with E-state index in [-0.39, 0.29) is 6.29 Å². The van der Waals surface area contributed by atoms with Gasteiger partial charge in [0.15, 0.2) is 6.29 Å². The van der Waals surface area contributed by atoms with Crippen molar-refractivity contribution in [1.82, 2.24) is 9.97 Å². The summed E-state index contributed by atoms with van der Waals surface area (Å²) in [5.74, 6) is 0. The second kappa shape index (κ2) is 5.02. The van der Waals surface area contributed by atoms with Crippen LogP contribution in [0.3, 0.4) is 0 Å². The van der Waals surface area contributed by atoms with E-state index >= 15 is 0 Å². The minimum absolute atomic E-state index is 0.246. The third-order valence-corrected chi connectivity index (χ3v) is 2.06. The highest BCUT2D eigenvalue weighted by Crippen LogP contribution is 2.07. The zero-order chi connectivity index (χ0) is 10.6. The molecule has 78 valence electrons. The zero-order valence-electron chi connectivity index (χ0n) is 9.07. The van der Waals surface area contributed by atoms with E-state index in [9.17, 15) is 0 Å². The molecule has 0 saturated carbocycles. The van der Waals surface area contributed by atoms with Crippen molar-refractivity contribution in [3.63, 3.8) is 0 Å². The fraction of sp³-hybridized carbons (Fsp3) is 0.600. The van der Waals surface area contributed by atoms with Gasteiger partial charge in [-0.3, -0.25) is 9.97 Å². The van der Waals surface area contributed by atoms with E-state index in [1.165, 1.54) is 0 Å². The van der Waals surface area contributed by atoms with E-state index in [1.54, 1.807) is 20.4 Å². The van der Waals surface area contributed by atoms with E-state index < -0.39 is 0 Å². The molecular formula is C10H16N2O2. The summed E-state index contributed by atoms with van der Waals surface area (Å²) < 4.78 is 10.2. The van der Waals surface area contributed by atoms with Crippen LogP contribution in [0.1, 0.15) is 17.1 Å². The Balaban J connectivity index is 2.79. The van der Waals surface area contributed by atoms with Crippen LogP contribution in [0, 0.1) is 13.8 Å². The summed E-state index contributed by atoms with van der Waals surface area (Å²) in [4.78, 5) is 8.61. The molecule has 0 bridgehead atoms. The summed E-state index contributed by atoms with van der Waals surface area (Å²) in [5, 5.41) is 0. The van der Waals surface area contributed by atoms with Gasteiger partial charge in [-0.05, 0) is 13.8 Å². The van der Waals surface area contributed by atoms with Crippen LogP contribution in [0.15, 0.2) is 6.20 Å². The van der Waals surface area contributed by atoms with Crippen molar-refractivity contribution in [2.75, 3.05) is 14.2 Å². The molecule has 0 amide bonds. The predicted molar refractivity (Wildman–Crippen MR) is 53.0 cm³/mol. The maximum atomic E-state index is 5.11. The minimum atomic E-state index is -0.246. The van der Waals surface area contributed by atoms with Gasteiger partial charge in [0.05, 0.1) is 17.1 Å². The Kier molecular flexibility index (Phi) is 3.98. The molecule has 0 aliphatic carbocycles. The van der Waals surface area contributed by atoms with Gasteiger partial charge in [-0.2, -0.15) is 0 Å². The SMILES string of the molecule is COC(Cc1nc(C)cnc1C)OC. The van der Waals surface area contributed by atoms with Crippen molar-refractivity contribution in [2.45, 2.75) is 26.6 Å². The molecule has 1 rings (SSSR count). The molecule has 4 heteroatoms. The first-order valence-corrected chi connectivity index (χ1v) is 4.52. The van der Waals surface area contributed by atoms with Crippen LogP contribution in [0.4, 0.5) is 0 Å². The van der Waals surface area contributed by atoms with E-state index in [2.05, 4.69) is 9.97 Å². The fourth-order valence-corrected chi connectivity index (χ4v) is 1.20. The van der Waals surface area contributed by atoms with Crippen LogP contribution < -0.4 is 0 Å². The summed E-state index contributed by atoms with van der Waals surface area (Å²) >= 11 is 0. The van der Waals surface area contributed by atoms with Crippen molar-refractivity contribution >= 4 is 0 Å². The lowest BCUT2D eigenvalue weighted by molar-refractivity contribution is -0.101. The van der Waals surface area contributed by atoms with E-state index in [4.69, 9.17) is 9.47 Å². The third kappa shape index (κ3) is 2.75. The van der Waals surface area contributed by atoms with Gasteiger partial charge in [-0.15, -0.1) is 0 Å². The maximum absolute atomic E-state index is 5.11. The standard InChI is InChI=1S/C10H16N2O2/c1-7-6-11-8(2)9(12-7)5-10(13-3)14-4/h6,10H,5H2,1-4H3. The van der Waals surface area contributed by atoms with Gasteiger partial charge in [0, 0.05) is 26.8 Å². The second-order valence-electron chi connectivity index (χ2n) is 3.15. The maximum Gasteiger partial charge on any atom is 0.162 e. The van der Waals surface area contributed by atoms with Crippen LogP contribution >= 0.6 is 0 Å². The molecular weight excluding hydrogens is 180 g/mol. The van der Waals surface area contributed by atoms with Gasteiger partial charge in [0.2, 0.25) is 0 Å². The topological polar surface area (TPSA) is 44.2 Å². The second-order valence-corrected chi connectivity index (χ2v) is 3.15. The lowest BCUT2D eigenvalue weighted by Crippen LogP contribution is -2.18.